The normalized spacial score (nSPS) is 14.4. The molecule has 35 heavy (non-hydrogen) atoms. The van der Waals surface area contributed by atoms with Crippen LogP contribution in [0.2, 0.25) is 10.0 Å². The van der Waals surface area contributed by atoms with E-state index in [2.05, 4.69) is 47.1 Å². The predicted molar refractivity (Wildman–Crippen MR) is 150 cm³/mol. The van der Waals surface area contributed by atoms with Crippen LogP contribution in [0.15, 0.2) is 48.5 Å². The molecule has 1 fully saturated rings. The van der Waals surface area contributed by atoms with E-state index in [1.807, 2.05) is 18.2 Å². The van der Waals surface area contributed by atoms with Gasteiger partial charge in [0.2, 0.25) is 0 Å². The van der Waals surface area contributed by atoms with Gasteiger partial charge in [0, 0.05) is 32.6 Å². The number of aryl methyl sites for hydroxylation is 1. The van der Waals surface area contributed by atoms with Gasteiger partial charge in [0.05, 0.1) is 27.0 Å². The van der Waals surface area contributed by atoms with Crippen molar-refractivity contribution in [1.82, 2.24) is 0 Å². The Bertz CT molecular complexity index is 1250. The lowest BCUT2D eigenvalue weighted by Crippen LogP contribution is -2.47. The monoisotopic (exact) mass is 529 g/mol. The van der Waals surface area contributed by atoms with Crippen LogP contribution in [-0.4, -0.2) is 32.1 Å². The molecule has 0 spiro atoms. The van der Waals surface area contributed by atoms with E-state index < -0.39 is 0 Å². The standard InChI is InChI=1S/C28H29Cl2N3O.ClH/c1-2-3-7-19-17-21-20-9-5-4-8-18(20)16-22(21)27(25(19)28(31)34)33-14-12-32(13-15-33)24-11-6-10-23(29)26(24)30;/h4-6,8-11,17H,2-3,7,12-16H2,1H3,(H2,31,34);1H. The molecular weight excluding hydrogens is 501 g/mol. The van der Waals surface area contributed by atoms with Gasteiger partial charge >= 0.3 is 0 Å². The maximum Gasteiger partial charge on any atom is 0.251 e. The average Bonchev–Trinajstić information content (AvgIpc) is 3.22. The first kappa shape index (κ1) is 25.7. The van der Waals surface area contributed by atoms with Crippen LogP contribution in [0.25, 0.3) is 11.1 Å². The summed E-state index contributed by atoms with van der Waals surface area (Å²) in [5.74, 6) is -0.333. The fourth-order valence-electron chi connectivity index (χ4n) is 5.41. The fourth-order valence-corrected chi connectivity index (χ4v) is 5.82. The Hall–Kier alpha value is -2.40. The Balaban J connectivity index is 0.00000289. The Labute approximate surface area is 223 Å². The fraction of sp³-hybridized carbons (Fsp3) is 0.321. The number of benzene rings is 3. The van der Waals surface area contributed by atoms with Gasteiger partial charge in [0.25, 0.3) is 5.91 Å². The van der Waals surface area contributed by atoms with Crippen LogP contribution in [-0.2, 0) is 12.8 Å². The van der Waals surface area contributed by atoms with Gasteiger partial charge in [-0.2, -0.15) is 0 Å². The van der Waals surface area contributed by atoms with E-state index in [-0.39, 0.29) is 18.3 Å². The van der Waals surface area contributed by atoms with E-state index in [1.165, 1.54) is 22.3 Å². The second kappa shape index (κ2) is 10.7. The highest BCUT2D eigenvalue weighted by atomic mass is 35.5. The maximum atomic E-state index is 12.8. The Morgan fingerprint density at radius 2 is 1.69 bits per heavy atom. The molecule has 184 valence electrons. The van der Waals surface area contributed by atoms with Crippen molar-refractivity contribution in [3.8, 4) is 11.1 Å². The van der Waals surface area contributed by atoms with E-state index in [1.54, 1.807) is 0 Å². The quantitative estimate of drug-likeness (QED) is 0.300. The molecule has 0 aromatic heterocycles. The van der Waals surface area contributed by atoms with Crippen molar-refractivity contribution in [2.75, 3.05) is 36.0 Å². The van der Waals surface area contributed by atoms with Gasteiger partial charge in [-0.25, -0.2) is 0 Å². The first-order chi connectivity index (χ1) is 16.5. The molecule has 0 radical (unpaired) electrons. The van der Waals surface area contributed by atoms with E-state index in [0.717, 1.165) is 68.8 Å². The van der Waals surface area contributed by atoms with Gasteiger partial charge < -0.3 is 15.5 Å². The van der Waals surface area contributed by atoms with Gasteiger partial charge in [0.15, 0.2) is 0 Å². The van der Waals surface area contributed by atoms with Crippen molar-refractivity contribution in [2.24, 2.45) is 5.73 Å². The molecular formula is C28H30Cl3N3O. The van der Waals surface area contributed by atoms with Gasteiger partial charge in [-0.05, 0) is 58.9 Å². The number of anilines is 2. The zero-order chi connectivity index (χ0) is 23.8. The molecule has 1 aliphatic carbocycles. The topological polar surface area (TPSA) is 49.6 Å². The summed E-state index contributed by atoms with van der Waals surface area (Å²) in [5.41, 5.74) is 14.9. The van der Waals surface area contributed by atoms with Gasteiger partial charge in [-0.15, -0.1) is 12.4 Å². The first-order valence-electron chi connectivity index (χ1n) is 12.0. The highest BCUT2D eigenvalue weighted by Crippen LogP contribution is 2.45. The van der Waals surface area contributed by atoms with Crippen LogP contribution in [0.1, 0.15) is 46.8 Å². The summed E-state index contributed by atoms with van der Waals surface area (Å²) in [6.45, 7) is 5.32. The summed E-state index contributed by atoms with van der Waals surface area (Å²) < 4.78 is 0. The van der Waals surface area contributed by atoms with E-state index in [9.17, 15) is 4.79 Å². The predicted octanol–water partition coefficient (Wildman–Crippen LogP) is 6.75. The summed E-state index contributed by atoms with van der Waals surface area (Å²) in [4.78, 5) is 17.5. The molecule has 1 saturated heterocycles. The molecule has 0 saturated carbocycles. The zero-order valence-corrected chi connectivity index (χ0v) is 22.1. The maximum absolute atomic E-state index is 12.8. The van der Waals surface area contributed by atoms with Crippen molar-refractivity contribution >= 4 is 52.9 Å². The molecule has 2 N–H and O–H groups in total. The third-order valence-electron chi connectivity index (χ3n) is 7.08. The molecule has 1 amide bonds. The van der Waals surface area contributed by atoms with Crippen LogP contribution in [0, 0.1) is 0 Å². The molecule has 1 heterocycles. The van der Waals surface area contributed by atoms with Crippen molar-refractivity contribution in [2.45, 2.75) is 32.6 Å². The van der Waals surface area contributed by atoms with Gasteiger partial charge in [-0.1, -0.05) is 66.9 Å². The molecule has 0 bridgehead atoms. The average molecular weight is 531 g/mol. The van der Waals surface area contributed by atoms with E-state index >= 15 is 0 Å². The smallest absolute Gasteiger partial charge is 0.251 e. The number of piperazine rings is 1. The molecule has 7 heteroatoms. The van der Waals surface area contributed by atoms with E-state index in [0.29, 0.717) is 15.6 Å². The highest BCUT2D eigenvalue weighted by Gasteiger charge is 2.31. The van der Waals surface area contributed by atoms with Crippen LogP contribution in [0.3, 0.4) is 0 Å². The number of amides is 1. The number of hydrogen-bond acceptors (Lipinski definition) is 3. The molecule has 5 rings (SSSR count). The molecule has 3 aromatic carbocycles. The largest absolute Gasteiger partial charge is 0.367 e. The minimum absolute atomic E-state index is 0. The number of nitrogens with two attached hydrogens (primary N) is 1. The number of rotatable bonds is 6. The molecule has 0 atom stereocenters. The molecule has 3 aromatic rings. The van der Waals surface area contributed by atoms with Gasteiger partial charge in [0.1, 0.15) is 0 Å². The molecule has 0 unspecified atom stereocenters. The third kappa shape index (κ3) is 4.72. The number of carbonyl (C=O) groups is 1. The van der Waals surface area contributed by atoms with Crippen LogP contribution < -0.4 is 15.5 Å². The number of carbonyl (C=O) groups excluding carboxylic acids is 1. The minimum Gasteiger partial charge on any atom is -0.367 e. The lowest BCUT2D eigenvalue weighted by molar-refractivity contribution is 0.0999. The van der Waals surface area contributed by atoms with Crippen LogP contribution in [0.4, 0.5) is 11.4 Å². The Morgan fingerprint density at radius 3 is 2.40 bits per heavy atom. The molecule has 2 aliphatic rings. The summed E-state index contributed by atoms with van der Waals surface area (Å²) >= 11 is 12.8. The highest BCUT2D eigenvalue weighted by molar-refractivity contribution is 6.43. The zero-order valence-electron chi connectivity index (χ0n) is 19.8. The second-order valence-corrected chi connectivity index (χ2v) is 9.92. The van der Waals surface area contributed by atoms with Crippen molar-refractivity contribution in [3.63, 3.8) is 0 Å². The number of nitrogens with zero attached hydrogens (tertiary/aromatic N) is 2. The van der Waals surface area contributed by atoms with Crippen molar-refractivity contribution < 1.29 is 4.79 Å². The molecule has 1 aliphatic heterocycles. The second-order valence-electron chi connectivity index (χ2n) is 9.13. The lowest BCUT2D eigenvalue weighted by atomic mass is 9.91. The Kier molecular flexibility index (Phi) is 7.85. The number of halogens is 3. The van der Waals surface area contributed by atoms with E-state index in [4.69, 9.17) is 28.9 Å². The minimum atomic E-state index is -0.333. The SMILES string of the molecule is CCCCc1cc2c(c(N3CCN(c4cccc(Cl)c4Cl)CC3)c1C(N)=O)Cc1ccccc1-2.Cl. The summed E-state index contributed by atoms with van der Waals surface area (Å²) in [6.07, 6.45) is 3.78. The summed E-state index contributed by atoms with van der Waals surface area (Å²) in [6, 6.07) is 16.5. The summed E-state index contributed by atoms with van der Waals surface area (Å²) in [7, 11) is 0. The van der Waals surface area contributed by atoms with Crippen molar-refractivity contribution in [3.05, 3.63) is 80.8 Å². The van der Waals surface area contributed by atoms with Crippen LogP contribution in [0.5, 0.6) is 0 Å². The van der Waals surface area contributed by atoms with Gasteiger partial charge in [-0.3, -0.25) is 4.79 Å². The Morgan fingerprint density at radius 1 is 0.971 bits per heavy atom. The first-order valence-corrected chi connectivity index (χ1v) is 12.8. The molecule has 4 nitrogen and oxygen atoms in total. The number of primary amides is 1. The number of hydrogen-bond donors (Lipinski definition) is 1. The number of unbranched alkanes of at least 4 members (excludes halogenated alkanes) is 1. The number of fused-ring (bicyclic) bond motifs is 3. The summed E-state index contributed by atoms with van der Waals surface area (Å²) in [5, 5.41) is 1.16. The van der Waals surface area contributed by atoms with Crippen molar-refractivity contribution in [1.29, 1.82) is 0 Å². The van der Waals surface area contributed by atoms with Crippen LogP contribution >= 0.6 is 35.6 Å². The lowest BCUT2D eigenvalue weighted by Gasteiger charge is -2.39. The third-order valence-corrected chi connectivity index (χ3v) is 7.89.